The number of fused-ring (bicyclic) bond motifs is 1. The third-order valence-electron chi connectivity index (χ3n) is 6.40. The minimum Gasteiger partial charge on any atom is -0.497 e. The van der Waals surface area contributed by atoms with E-state index in [4.69, 9.17) is 9.47 Å². The van der Waals surface area contributed by atoms with Crippen LogP contribution in [-0.4, -0.2) is 58.4 Å². The summed E-state index contributed by atoms with van der Waals surface area (Å²) in [4.78, 5) is 27.7. The highest BCUT2D eigenvalue weighted by atomic mass is 32.2. The average Bonchev–Trinajstić information content (AvgIpc) is 3.42. The highest BCUT2D eigenvalue weighted by Gasteiger charge is 2.45. The van der Waals surface area contributed by atoms with Gasteiger partial charge in [-0.25, -0.2) is 8.42 Å². The topological polar surface area (TPSA) is 105 Å². The van der Waals surface area contributed by atoms with E-state index in [9.17, 15) is 18.0 Å². The molecular weight excluding hydrogens is 458 g/mol. The number of amides is 2. The highest BCUT2D eigenvalue weighted by molar-refractivity contribution is 7.89. The molecule has 2 heterocycles. The lowest BCUT2D eigenvalue weighted by atomic mass is 9.86. The predicted molar refractivity (Wildman–Crippen MR) is 128 cm³/mol. The number of anilines is 2. The fraction of sp³-hybridized carbons (Fsp3) is 0.417. The highest BCUT2D eigenvalue weighted by Crippen LogP contribution is 2.43. The van der Waals surface area contributed by atoms with Crippen molar-refractivity contribution in [3.8, 4) is 11.5 Å². The first-order valence-electron chi connectivity index (χ1n) is 11.1. The Morgan fingerprint density at radius 3 is 2.41 bits per heavy atom. The molecule has 1 saturated heterocycles. The summed E-state index contributed by atoms with van der Waals surface area (Å²) in [6, 6.07) is 9.72. The molecule has 2 aliphatic heterocycles. The zero-order valence-electron chi connectivity index (χ0n) is 19.8. The molecule has 2 aliphatic rings. The summed E-state index contributed by atoms with van der Waals surface area (Å²) in [5, 5.41) is 2.77. The summed E-state index contributed by atoms with van der Waals surface area (Å²) in [7, 11) is -0.610. The van der Waals surface area contributed by atoms with Crippen LogP contribution in [0.3, 0.4) is 0 Å². The summed E-state index contributed by atoms with van der Waals surface area (Å²) in [5.74, 6) is 0.314. The smallest absolute Gasteiger partial charge is 0.244 e. The van der Waals surface area contributed by atoms with E-state index in [0.717, 1.165) is 12.8 Å². The van der Waals surface area contributed by atoms with Gasteiger partial charge in [0.1, 0.15) is 18.0 Å². The third kappa shape index (κ3) is 4.12. The molecule has 2 aromatic carbocycles. The standard InChI is InChI=1S/C24H29N3O6S/c1-24(2)18-14-17(34(30,31)26-11-5-6-12-26)8-9-20(18)27(23(24)29)15-22(28)25-19-13-16(32-3)7-10-21(19)33-4/h7-10,13-14H,5-6,11-12,15H2,1-4H3,(H,25,28). The van der Waals surface area contributed by atoms with Gasteiger partial charge in [-0.05, 0) is 62.6 Å². The first-order chi connectivity index (χ1) is 16.1. The van der Waals surface area contributed by atoms with E-state index in [-0.39, 0.29) is 17.3 Å². The van der Waals surface area contributed by atoms with Crippen LogP contribution in [0.2, 0.25) is 0 Å². The Balaban J connectivity index is 1.61. The maximum absolute atomic E-state index is 13.3. The van der Waals surface area contributed by atoms with E-state index in [1.807, 2.05) is 0 Å². The lowest BCUT2D eigenvalue weighted by Gasteiger charge is -2.20. The van der Waals surface area contributed by atoms with Crippen molar-refractivity contribution in [3.63, 3.8) is 0 Å². The molecule has 2 aromatic rings. The molecule has 0 radical (unpaired) electrons. The molecule has 182 valence electrons. The molecule has 0 aliphatic carbocycles. The van der Waals surface area contributed by atoms with Gasteiger partial charge in [-0.1, -0.05) is 0 Å². The largest absolute Gasteiger partial charge is 0.497 e. The molecule has 0 unspecified atom stereocenters. The van der Waals surface area contributed by atoms with Gasteiger partial charge in [-0.2, -0.15) is 4.31 Å². The van der Waals surface area contributed by atoms with Gasteiger partial charge in [0.15, 0.2) is 0 Å². The number of methoxy groups -OCH3 is 2. The number of hydrogen-bond donors (Lipinski definition) is 1. The van der Waals surface area contributed by atoms with E-state index in [2.05, 4.69) is 5.32 Å². The van der Waals surface area contributed by atoms with Crippen LogP contribution in [0.4, 0.5) is 11.4 Å². The van der Waals surface area contributed by atoms with E-state index in [1.54, 1.807) is 44.2 Å². The molecular formula is C24H29N3O6S. The van der Waals surface area contributed by atoms with Crippen molar-refractivity contribution in [3.05, 3.63) is 42.0 Å². The first kappa shape index (κ1) is 24.0. The molecule has 0 atom stereocenters. The third-order valence-corrected chi connectivity index (χ3v) is 8.29. The van der Waals surface area contributed by atoms with Crippen LogP contribution in [0.15, 0.2) is 41.3 Å². The van der Waals surface area contributed by atoms with Crippen LogP contribution in [0.1, 0.15) is 32.3 Å². The number of hydrogen-bond acceptors (Lipinski definition) is 6. The Labute approximate surface area is 199 Å². The number of nitrogens with zero attached hydrogens (tertiary/aromatic N) is 2. The average molecular weight is 488 g/mol. The number of sulfonamides is 1. The van der Waals surface area contributed by atoms with Crippen LogP contribution in [0.25, 0.3) is 0 Å². The van der Waals surface area contributed by atoms with Crippen LogP contribution in [0.5, 0.6) is 11.5 Å². The van der Waals surface area contributed by atoms with Crippen LogP contribution in [0, 0.1) is 0 Å². The molecule has 1 fully saturated rings. The first-order valence-corrected chi connectivity index (χ1v) is 12.5. The summed E-state index contributed by atoms with van der Waals surface area (Å²) in [6.07, 6.45) is 1.68. The fourth-order valence-electron chi connectivity index (χ4n) is 4.45. The van der Waals surface area contributed by atoms with Crippen molar-refractivity contribution < 1.29 is 27.5 Å². The van der Waals surface area contributed by atoms with E-state index in [1.165, 1.54) is 29.5 Å². The Hall–Kier alpha value is -3.11. The SMILES string of the molecule is COc1ccc(OC)c(NC(=O)CN2C(=O)C(C)(C)c3cc(S(=O)(=O)N4CCCC4)ccc32)c1. The van der Waals surface area contributed by atoms with Gasteiger partial charge in [-0.15, -0.1) is 0 Å². The van der Waals surface area contributed by atoms with Crippen molar-refractivity contribution in [2.24, 2.45) is 0 Å². The Bertz CT molecular complexity index is 1240. The lowest BCUT2D eigenvalue weighted by molar-refractivity contribution is -0.124. The number of carbonyl (C=O) groups is 2. The number of ether oxygens (including phenoxy) is 2. The molecule has 9 nitrogen and oxygen atoms in total. The van der Waals surface area contributed by atoms with Crippen molar-refractivity contribution >= 4 is 33.2 Å². The van der Waals surface area contributed by atoms with Crippen LogP contribution < -0.4 is 19.7 Å². The quantitative estimate of drug-likeness (QED) is 0.644. The lowest BCUT2D eigenvalue weighted by Crippen LogP contribution is -2.40. The summed E-state index contributed by atoms with van der Waals surface area (Å²) in [6.45, 7) is 4.25. The maximum atomic E-state index is 13.3. The Morgan fingerprint density at radius 1 is 1.06 bits per heavy atom. The normalized spacial score (nSPS) is 17.5. The van der Waals surface area contributed by atoms with Gasteiger partial charge >= 0.3 is 0 Å². The second kappa shape index (κ2) is 8.92. The van der Waals surface area contributed by atoms with Gasteiger partial charge in [0.2, 0.25) is 21.8 Å². The molecule has 10 heteroatoms. The van der Waals surface area contributed by atoms with E-state index < -0.39 is 21.3 Å². The van der Waals surface area contributed by atoms with Crippen LogP contribution in [-0.2, 0) is 25.0 Å². The fourth-order valence-corrected chi connectivity index (χ4v) is 6.00. The summed E-state index contributed by atoms with van der Waals surface area (Å²) < 4.78 is 38.1. The van der Waals surface area contributed by atoms with Crippen molar-refractivity contribution in [1.82, 2.24) is 4.31 Å². The minimum absolute atomic E-state index is 0.168. The summed E-state index contributed by atoms with van der Waals surface area (Å²) in [5.41, 5.74) is 0.567. The zero-order valence-corrected chi connectivity index (χ0v) is 20.6. The molecule has 0 aromatic heterocycles. The minimum atomic E-state index is -3.63. The monoisotopic (exact) mass is 487 g/mol. The number of nitrogens with one attached hydrogen (secondary N) is 1. The number of rotatable bonds is 7. The maximum Gasteiger partial charge on any atom is 0.244 e. The number of benzene rings is 2. The van der Waals surface area contributed by atoms with Crippen molar-refractivity contribution in [2.75, 3.05) is 44.1 Å². The van der Waals surface area contributed by atoms with Gasteiger partial charge in [0.25, 0.3) is 0 Å². The van der Waals surface area contributed by atoms with Gasteiger partial charge < -0.3 is 19.7 Å². The van der Waals surface area contributed by atoms with Crippen molar-refractivity contribution in [2.45, 2.75) is 37.0 Å². The molecule has 34 heavy (non-hydrogen) atoms. The predicted octanol–water partition coefficient (Wildman–Crippen LogP) is 2.75. The Kier molecular flexibility index (Phi) is 6.30. The van der Waals surface area contributed by atoms with Crippen LogP contribution >= 0.6 is 0 Å². The van der Waals surface area contributed by atoms with Gasteiger partial charge in [0, 0.05) is 24.8 Å². The van der Waals surface area contributed by atoms with Crippen molar-refractivity contribution in [1.29, 1.82) is 0 Å². The van der Waals surface area contributed by atoms with E-state index >= 15 is 0 Å². The molecule has 0 saturated carbocycles. The second-order valence-corrected chi connectivity index (χ2v) is 10.9. The molecule has 2 amide bonds. The van der Waals surface area contributed by atoms with E-state index in [0.29, 0.717) is 41.5 Å². The molecule has 0 bridgehead atoms. The number of carbonyl (C=O) groups excluding carboxylic acids is 2. The molecule has 1 N–H and O–H groups in total. The molecule has 4 rings (SSSR count). The van der Waals surface area contributed by atoms with Gasteiger partial charge in [-0.3, -0.25) is 9.59 Å². The second-order valence-electron chi connectivity index (χ2n) is 8.92. The molecule has 0 spiro atoms. The Morgan fingerprint density at radius 2 is 1.76 bits per heavy atom. The zero-order chi connectivity index (χ0) is 24.7. The van der Waals surface area contributed by atoms with Gasteiger partial charge in [0.05, 0.1) is 30.2 Å². The summed E-state index contributed by atoms with van der Waals surface area (Å²) >= 11 is 0.